The molecule has 0 aliphatic carbocycles. The fraction of sp³-hybridized carbons (Fsp3) is 0.0909. The van der Waals surface area contributed by atoms with Gasteiger partial charge in [-0.05, 0) is 61.4 Å². The molecule has 0 saturated carbocycles. The number of hydrogen-bond acceptors (Lipinski definition) is 4. The first-order valence-electron chi connectivity index (χ1n) is 8.54. The summed E-state index contributed by atoms with van der Waals surface area (Å²) in [7, 11) is 0. The largest absolute Gasteiger partial charge is 0.461 e. The molecule has 0 radical (unpaired) electrons. The fourth-order valence-electron chi connectivity index (χ4n) is 3.16. The quantitative estimate of drug-likeness (QED) is 0.312. The highest BCUT2D eigenvalue weighted by atomic mass is 16.6. The Labute approximate surface area is 156 Å². The van der Waals surface area contributed by atoms with Crippen molar-refractivity contribution in [1.82, 2.24) is 0 Å². The highest BCUT2D eigenvalue weighted by Gasteiger charge is 2.27. The predicted octanol–water partition coefficient (Wildman–Crippen LogP) is 6.40. The van der Waals surface area contributed by atoms with Gasteiger partial charge in [0.1, 0.15) is 23.0 Å². The Morgan fingerprint density at radius 3 is 1.67 bits per heavy atom. The third kappa shape index (κ3) is 3.15. The Balaban J connectivity index is 2.05. The molecule has 4 rings (SSSR count). The number of rotatable bonds is 4. The Kier molecular flexibility index (Phi) is 4.12. The van der Waals surface area contributed by atoms with E-state index in [-0.39, 0.29) is 10.6 Å². The summed E-state index contributed by atoms with van der Waals surface area (Å²) in [5, 5.41) is 12.0. The maximum absolute atomic E-state index is 12.0. The molecule has 0 spiro atoms. The minimum Gasteiger partial charge on any atom is -0.461 e. The van der Waals surface area contributed by atoms with E-state index in [4.69, 9.17) is 8.83 Å². The van der Waals surface area contributed by atoms with E-state index in [1.165, 1.54) is 0 Å². The van der Waals surface area contributed by atoms with Crippen molar-refractivity contribution in [2.24, 2.45) is 0 Å². The molecule has 2 heterocycles. The summed E-state index contributed by atoms with van der Waals surface area (Å²) in [6, 6.07) is 20.4. The van der Waals surface area contributed by atoms with Crippen molar-refractivity contribution in [3.63, 3.8) is 0 Å². The van der Waals surface area contributed by atoms with Crippen molar-refractivity contribution >= 4 is 5.69 Å². The third-order valence-electron chi connectivity index (χ3n) is 4.41. The maximum Gasteiger partial charge on any atom is 0.291 e. The van der Waals surface area contributed by atoms with Gasteiger partial charge >= 0.3 is 0 Å². The second kappa shape index (κ2) is 6.61. The van der Waals surface area contributed by atoms with Crippen LogP contribution < -0.4 is 0 Å². The van der Waals surface area contributed by atoms with Gasteiger partial charge in [0.15, 0.2) is 0 Å². The van der Waals surface area contributed by atoms with E-state index in [2.05, 4.69) is 0 Å². The van der Waals surface area contributed by atoms with Gasteiger partial charge in [-0.1, -0.05) is 30.3 Å². The lowest BCUT2D eigenvalue weighted by Crippen LogP contribution is -1.96. The molecule has 0 aliphatic heterocycles. The van der Waals surface area contributed by atoms with Crippen molar-refractivity contribution in [2.45, 2.75) is 13.8 Å². The summed E-state index contributed by atoms with van der Waals surface area (Å²) in [4.78, 5) is 11.6. The maximum atomic E-state index is 12.0. The van der Waals surface area contributed by atoms with Gasteiger partial charge in [-0.25, -0.2) is 0 Å². The number of nitro groups is 1. The zero-order valence-corrected chi connectivity index (χ0v) is 14.9. The van der Waals surface area contributed by atoms with Crippen LogP contribution in [0.5, 0.6) is 0 Å². The van der Waals surface area contributed by atoms with Gasteiger partial charge in [-0.15, -0.1) is 0 Å². The zero-order valence-electron chi connectivity index (χ0n) is 14.9. The standard InChI is InChI=1S/C22H17NO4/c1-14-8-10-20(26-14)18-12-17(16-6-4-3-5-7-16)13-19(22(18)23(24)25)21-11-9-15(2)27-21/h3-13H,1-2H3. The van der Waals surface area contributed by atoms with Gasteiger partial charge in [-0.3, -0.25) is 10.1 Å². The molecular weight excluding hydrogens is 342 g/mol. The van der Waals surface area contributed by atoms with Crippen LogP contribution >= 0.6 is 0 Å². The van der Waals surface area contributed by atoms with Crippen molar-refractivity contribution in [1.29, 1.82) is 0 Å². The number of nitro benzene ring substituents is 1. The van der Waals surface area contributed by atoms with Crippen LogP contribution in [0.4, 0.5) is 5.69 Å². The van der Waals surface area contributed by atoms with Crippen molar-refractivity contribution < 1.29 is 13.8 Å². The summed E-state index contributed by atoms with van der Waals surface area (Å²) >= 11 is 0. The Bertz CT molecular complexity index is 1060. The molecule has 27 heavy (non-hydrogen) atoms. The highest BCUT2D eigenvalue weighted by molar-refractivity contribution is 5.88. The normalized spacial score (nSPS) is 10.9. The smallest absolute Gasteiger partial charge is 0.291 e. The molecule has 2 aromatic carbocycles. The molecule has 0 unspecified atom stereocenters. The summed E-state index contributed by atoms with van der Waals surface area (Å²) < 4.78 is 11.4. The van der Waals surface area contributed by atoms with Gasteiger partial charge in [0.25, 0.3) is 5.69 Å². The summed E-state index contributed by atoms with van der Waals surface area (Å²) in [6.07, 6.45) is 0. The van der Waals surface area contributed by atoms with Crippen LogP contribution in [0.1, 0.15) is 11.5 Å². The van der Waals surface area contributed by atoms with Gasteiger partial charge in [0.2, 0.25) is 0 Å². The SMILES string of the molecule is Cc1ccc(-c2cc(-c3ccccc3)cc(-c3ccc(C)o3)c2[N+](=O)[O-])o1. The minimum atomic E-state index is -0.380. The summed E-state index contributed by atoms with van der Waals surface area (Å²) in [6.45, 7) is 3.63. The van der Waals surface area contributed by atoms with Crippen LogP contribution in [0.3, 0.4) is 0 Å². The highest BCUT2D eigenvalue weighted by Crippen LogP contribution is 2.43. The predicted molar refractivity (Wildman–Crippen MR) is 103 cm³/mol. The zero-order chi connectivity index (χ0) is 19.0. The lowest BCUT2D eigenvalue weighted by atomic mass is 9.95. The number of aryl methyl sites for hydroxylation is 2. The molecule has 0 bridgehead atoms. The Hall–Kier alpha value is -3.60. The van der Waals surface area contributed by atoms with E-state index < -0.39 is 0 Å². The molecule has 0 fully saturated rings. The molecule has 5 nitrogen and oxygen atoms in total. The van der Waals surface area contributed by atoms with Crippen molar-refractivity contribution in [3.05, 3.63) is 88.4 Å². The molecule has 134 valence electrons. The van der Waals surface area contributed by atoms with Crippen LogP contribution in [-0.4, -0.2) is 4.92 Å². The first-order chi connectivity index (χ1) is 13.0. The molecule has 0 aliphatic rings. The molecule has 0 atom stereocenters. The molecular formula is C22H17NO4. The molecule has 5 heteroatoms. The molecule has 0 N–H and O–H groups in total. The van der Waals surface area contributed by atoms with Gasteiger partial charge in [0, 0.05) is 0 Å². The first-order valence-corrected chi connectivity index (χ1v) is 8.54. The van der Waals surface area contributed by atoms with Crippen molar-refractivity contribution in [2.75, 3.05) is 0 Å². The van der Waals surface area contributed by atoms with Gasteiger partial charge < -0.3 is 8.83 Å². The van der Waals surface area contributed by atoms with Crippen LogP contribution in [-0.2, 0) is 0 Å². The van der Waals surface area contributed by atoms with E-state index in [1.54, 1.807) is 36.4 Å². The van der Waals surface area contributed by atoms with Gasteiger partial charge in [-0.2, -0.15) is 0 Å². The van der Waals surface area contributed by atoms with E-state index in [1.807, 2.05) is 44.2 Å². The first kappa shape index (κ1) is 16.8. The molecule has 0 saturated heterocycles. The van der Waals surface area contributed by atoms with E-state index in [0.717, 1.165) is 11.1 Å². The van der Waals surface area contributed by atoms with E-state index in [9.17, 15) is 10.1 Å². The number of hydrogen-bond donors (Lipinski definition) is 0. The second-order valence-corrected chi connectivity index (χ2v) is 6.36. The lowest BCUT2D eigenvalue weighted by Gasteiger charge is -2.10. The summed E-state index contributed by atoms with van der Waals surface area (Å²) in [5.74, 6) is 2.31. The van der Waals surface area contributed by atoms with Crippen LogP contribution in [0.15, 0.2) is 75.6 Å². The van der Waals surface area contributed by atoms with Crippen LogP contribution in [0.25, 0.3) is 33.8 Å². The van der Waals surface area contributed by atoms with Crippen LogP contribution in [0.2, 0.25) is 0 Å². The minimum absolute atomic E-state index is 0.0293. The average Bonchev–Trinajstić information content (AvgIpc) is 3.29. The monoisotopic (exact) mass is 359 g/mol. The molecule has 2 aromatic heterocycles. The lowest BCUT2D eigenvalue weighted by molar-refractivity contribution is -0.383. The topological polar surface area (TPSA) is 69.4 Å². The molecule has 0 amide bonds. The third-order valence-corrected chi connectivity index (χ3v) is 4.41. The van der Waals surface area contributed by atoms with Gasteiger partial charge in [0.05, 0.1) is 16.1 Å². The summed E-state index contributed by atoms with van der Waals surface area (Å²) in [5.41, 5.74) is 2.64. The second-order valence-electron chi connectivity index (χ2n) is 6.36. The average molecular weight is 359 g/mol. The van der Waals surface area contributed by atoms with Crippen LogP contribution in [0, 0.1) is 24.0 Å². The number of nitrogens with zero attached hydrogens (tertiary/aromatic N) is 1. The number of benzene rings is 2. The molecule has 4 aromatic rings. The van der Waals surface area contributed by atoms with E-state index in [0.29, 0.717) is 34.2 Å². The Morgan fingerprint density at radius 1 is 0.741 bits per heavy atom. The number of furan rings is 2. The fourth-order valence-corrected chi connectivity index (χ4v) is 3.16. The van der Waals surface area contributed by atoms with E-state index >= 15 is 0 Å². The van der Waals surface area contributed by atoms with Crippen molar-refractivity contribution in [3.8, 4) is 33.8 Å². The Morgan fingerprint density at radius 2 is 1.26 bits per heavy atom.